The Labute approximate surface area is 103 Å². The quantitative estimate of drug-likeness (QED) is 0.783. The maximum atomic E-state index is 6.26. The van der Waals surface area contributed by atoms with Crippen molar-refractivity contribution in [2.75, 3.05) is 0 Å². The van der Waals surface area contributed by atoms with Crippen LogP contribution >= 0.6 is 12.4 Å². The number of aromatic nitrogens is 1. The minimum Gasteiger partial charge on any atom is -0.361 e. The van der Waals surface area contributed by atoms with Crippen molar-refractivity contribution in [2.24, 2.45) is 11.1 Å². The Morgan fingerprint density at radius 2 is 1.81 bits per heavy atom. The van der Waals surface area contributed by atoms with Crippen LogP contribution in [0.25, 0.3) is 10.9 Å². The minimum absolute atomic E-state index is 0. The first-order valence-electron chi connectivity index (χ1n) is 5.32. The smallest absolute Gasteiger partial charge is 0.0457 e. The van der Waals surface area contributed by atoms with Crippen LogP contribution < -0.4 is 5.73 Å². The molecule has 1 heterocycles. The van der Waals surface area contributed by atoms with Gasteiger partial charge in [-0.15, -0.1) is 12.4 Å². The molecule has 0 saturated carbocycles. The van der Waals surface area contributed by atoms with Crippen molar-refractivity contribution in [3.8, 4) is 0 Å². The van der Waals surface area contributed by atoms with E-state index in [1.54, 1.807) is 0 Å². The molecule has 0 aliphatic heterocycles. The van der Waals surface area contributed by atoms with Crippen molar-refractivity contribution in [1.82, 2.24) is 4.98 Å². The fourth-order valence-corrected chi connectivity index (χ4v) is 1.82. The number of benzene rings is 1. The molecule has 0 unspecified atom stereocenters. The maximum absolute atomic E-state index is 6.26. The van der Waals surface area contributed by atoms with Crippen LogP contribution in [-0.4, -0.2) is 4.98 Å². The Kier molecular flexibility index (Phi) is 3.66. The fourth-order valence-electron chi connectivity index (χ4n) is 1.82. The summed E-state index contributed by atoms with van der Waals surface area (Å²) in [4.78, 5) is 3.26. The third-order valence-corrected chi connectivity index (χ3v) is 2.89. The lowest BCUT2D eigenvalue weighted by atomic mass is 9.83. The third kappa shape index (κ3) is 2.23. The summed E-state index contributed by atoms with van der Waals surface area (Å²) in [6, 6.07) is 8.34. The number of aromatic amines is 1. The average Bonchev–Trinajstić information content (AvgIpc) is 2.58. The van der Waals surface area contributed by atoms with Crippen molar-refractivity contribution >= 4 is 23.3 Å². The van der Waals surface area contributed by atoms with E-state index in [-0.39, 0.29) is 23.9 Å². The highest BCUT2D eigenvalue weighted by molar-refractivity contribution is 5.85. The second-order valence-electron chi connectivity index (χ2n) is 5.13. The zero-order chi connectivity index (χ0) is 11.1. The number of hydrogen-bond donors (Lipinski definition) is 2. The zero-order valence-corrected chi connectivity index (χ0v) is 10.8. The standard InChI is InChI=1S/C13H18N2.ClH/c1-13(2,3)12(14)10-8-15-11-7-5-4-6-9(10)11;/h4-8,12,15H,14H2,1-3H3;1H/t12-;/m1./s1. The van der Waals surface area contributed by atoms with Crippen molar-refractivity contribution in [1.29, 1.82) is 0 Å². The van der Waals surface area contributed by atoms with Crippen molar-refractivity contribution in [3.63, 3.8) is 0 Å². The van der Waals surface area contributed by atoms with E-state index < -0.39 is 0 Å². The lowest BCUT2D eigenvalue weighted by molar-refractivity contribution is 0.328. The van der Waals surface area contributed by atoms with E-state index in [9.17, 15) is 0 Å². The van der Waals surface area contributed by atoms with Crippen LogP contribution in [-0.2, 0) is 0 Å². The Bertz CT molecular complexity index is 468. The first-order chi connectivity index (χ1) is 7.00. The van der Waals surface area contributed by atoms with Gasteiger partial charge in [0.05, 0.1) is 0 Å². The van der Waals surface area contributed by atoms with E-state index in [2.05, 4.69) is 44.0 Å². The lowest BCUT2D eigenvalue weighted by Gasteiger charge is -2.26. The first-order valence-corrected chi connectivity index (χ1v) is 5.32. The molecule has 1 atom stereocenters. The van der Waals surface area contributed by atoms with Gasteiger partial charge in [0.1, 0.15) is 0 Å². The summed E-state index contributed by atoms with van der Waals surface area (Å²) in [6.45, 7) is 6.50. The van der Waals surface area contributed by atoms with E-state index in [1.165, 1.54) is 10.9 Å². The van der Waals surface area contributed by atoms with Gasteiger partial charge in [-0.25, -0.2) is 0 Å². The normalized spacial score (nSPS) is 13.5. The van der Waals surface area contributed by atoms with Gasteiger partial charge in [0.15, 0.2) is 0 Å². The van der Waals surface area contributed by atoms with E-state index in [0.29, 0.717) is 0 Å². The van der Waals surface area contributed by atoms with Crippen LogP contribution in [0, 0.1) is 5.41 Å². The van der Waals surface area contributed by atoms with E-state index in [0.717, 1.165) is 5.52 Å². The zero-order valence-electron chi connectivity index (χ0n) is 9.95. The number of hydrogen-bond acceptors (Lipinski definition) is 1. The average molecular weight is 239 g/mol. The summed E-state index contributed by atoms with van der Waals surface area (Å²) in [6.07, 6.45) is 2.03. The monoisotopic (exact) mass is 238 g/mol. The van der Waals surface area contributed by atoms with Gasteiger partial charge in [0, 0.05) is 23.1 Å². The second-order valence-corrected chi connectivity index (χ2v) is 5.13. The summed E-state index contributed by atoms with van der Waals surface area (Å²) in [5.74, 6) is 0. The van der Waals surface area contributed by atoms with Gasteiger partial charge >= 0.3 is 0 Å². The lowest BCUT2D eigenvalue weighted by Crippen LogP contribution is -2.25. The first kappa shape index (κ1) is 13.1. The predicted octanol–water partition coefficient (Wildman–Crippen LogP) is 3.64. The molecule has 0 radical (unpaired) electrons. The number of para-hydroxylation sites is 1. The van der Waals surface area contributed by atoms with Crippen molar-refractivity contribution in [3.05, 3.63) is 36.0 Å². The van der Waals surface area contributed by atoms with Gasteiger partial charge in [-0.2, -0.15) is 0 Å². The maximum Gasteiger partial charge on any atom is 0.0457 e. The van der Waals surface area contributed by atoms with E-state index in [1.807, 2.05) is 12.3 Å². The van der Waals surface area contributed by atoms with Gasteiger partial charge in [0.25, 0.3) is 0 Å². The Balaban J connectivity index is 0.00000128. The molecule has 2 aromatic rings. The summed E-state index contributed by atoms with van der Waals surface area (Å²) >= 11 is 0. The predicted molar refractivity (Wildman–Crippen MR) is 71.9 cm³/mol. The SMILES string of the molecule is CC(C)(C)[C@H](N)c1c[nH]c2ccccc12.Cl. The number of nitrogens with two attached hydrogens (primary N) is 1. The number of H-pyrrole nitrogens is 1. The van der Waals surface area contributed by atoms with Crippen LogP contribution in [0.2, 0.25) is 0 Å². The molecule has 0 saturated heterocycles. The number of fused-ring (bicyclic) bond motifs is 1. The molecule has 0 bridgehead atoms. The number of nitrogens with one attached hydrogen (secondary N) is 1. The van der Waals surface area contributed by atoms with Crippen molar-refractivity contribution < 1.29 is 0 Å². The summed E-state index contributed by atoms with van der Waals surface area (Å²) < 4.78 is 0. The van der Waals surface area contributed by atoms with Crippen LogP contribution in [0.5, 0.6) is 0 Å². The second kappa shape index (κ2) is 4.48. The van der Waals surface area contributed by atoms with Crippen LogP contribution in [0.15, 0.2) is 30.5 Å². The van der Waals surface area contributed by atoms with Gasteiger partial charge in [-0.3, -0.25) is 0 Å². The molecular weight excluding hydrogens is 220 g/mol. The highest BCUT2D eigenvalue weighted by Gasteiger charge is 2.24. The van der Waals surface area contributed by atoms with Gasteiger partial charge in [0.2, 0.25) is 0 Å². The molecule has 1 aromatic carbocycles. The van der Waals surface area contributed by atoms with Crippen LogP contribution in [0.1, 0.15) is 32.4 Å². The molecule has 0 aliphatic rings. The molecule has 0 amide bonds. The Morgan fingerprint density at radius 3 is 2.44 bits per heavy atom. The summed E-state index contributed by atoms with van der Waals surface area (Å²) in [5.41, 5.74) is 8.72. The molecular formula is C13H19ClN2. The summed E-state index contributed by atoms with van der Waals surface area (Å²) in [7, 11) is 0. The molecule has 3 heteroatoms. The van der Waals surface area contributed by atoms with Crippen molar-refractivity contribution in [2.45, 2.75) is 26.8 Å². The van der Waals surface area contributed by atoms with E-state index in [4.69, 9.17) is 5.73 Å². The molecule has 2 nitrogen and oxygen atoms in total. The molecule has 0 fully saturated rings. The molecule has 0 spiro atoms. The summed E-state index contributed by atoms with van der Waals surface area (Å²) in [5, 5.41) is 1.24. The Hall–Kier alpha value is -0.990. The van der Waals surface area contributed by atoms with Gasteiger partial charge < -0.3 is 10.7 Å². The molecule has 2 rings (SSSR count). The van der Waals surface area contributed by atoms with Crippen LogP contribution in [0.3, 0.4) is 0 Å². The van der Waals surface area contributed by atoms with Gasteiger partial charge in [-0.05, 0) is 17.0 Å². The fraction of sp³-hybridized carbons (Fsp3) is 0.385. The highest BCUT2D eigenvalue weighted by atomic mass is 35.5. The molecule has 3 N–H and O–H groups in total. The Morgan fingerprint density at radius 1 is 1.19 bits per heavy atom. The molecule has 88 valence electrons. The highest BCUT2D eigenvalue weighted by Crippen LogP contribution is 2.34. The van der Waals surface area contributed by atoms with Gasteiger partial charge in [-0.1, -0.05) is 39.0 Å². The van der Waals surface area contributed by atoms with E-state index >= 15 is 0 Å². The third-order valence-electron chi connectivity index (χ3n) is 2.89. The number of halogens is 1. The molecule has 1 aromatic heterocycles. The number of rotatable bonds is 1. The molecule has 0 aliphatic carbocycles. The topological polar surface area (TPSA) is 41.8 Å². The minimum atomic E-state index is 0. The van der Waals surface area contributed by atoms with Crippen LogP contribution in [0.4, 0.5) is 0 Å². The molecule has 16 heavy (non-hydrogen) atoms. The largest absolute Gasteiger partial charge is 0.361 e.